The first kappa shape index (κ1) is 16.8. The van der Waals surface area contributed by atoms with Gasteiger partial charge >= 0.3 is 0 Å². The molecule has 26 heavy (non-hydrogen) atoms. The van der Waals surface area contributed by atoms with Crippen molar-refractivity contribution in [1.82, 2.24) is 36.2 Å². The van der Waals surface area contributed by atoms with Crippen LogP contribution in [0.2, 0.25) is 0 Å². The van der Waals surface area contributed by atoms with Gasteiger partial charge in [0.25, 0.3) is 0 Å². The predicted octanol–water partition coefficient (Wildman–Crippen LogP) is -1.32. The number of nitrogens with one attached hydrogen (secondary N) is 3. The first-order valence-electron chi connectivity index (χ1n) is 8.12. The van der Waals surface area contributed by atoms with E-state index in [-0.39, 0.29) is 16.8 Å². The lowest BCUT2D eigenvalue weighted by atomic mass is 9.87. The Hall–Kier alpha value is -2.60. The van der Waals surface area contributed by atoms with E-state index in [1.54, 1.807) is 6.07 Å². The highest BCUT2D eigenvalue weighted by Gasteiger charge is 2.44. The van der Waals surface area contributed by atoms with Gasteiger partial charge in [-0.05, 0) is 29.3 Å². The summed E-state index contributed by atoms with van der Waals surface area (Å²) in [5, 5.41) is 19.6. The van der Waals surface area contributed by atoms with Crippen LogP contribution in [0.25, 0.3) is 11.4 Å². The molecule has 3 N–H and O–H groups in total. The van der Waals surface area contributed by atoms with Gasteiger partial charge < -0.3 is 10.2 Å². The zero-order valence-corrected chi connectivity index (χ0v) is 14.9. The van der Waals surface area contributed by atoms with E-state index in [1.165, 1.54) is 6.20 Å². The number of amides is 1. The van der Waals surface area contributed by atoms with Crippen molar-refractivity contribution in [3.05, 3.63) is 12.3 Å². The minimum absolute atomic E-state index is 0.0170. The van der Waals surface area contributed by atoms with E-state index in [0.29, 0.717) is 43.9 Å². The molecule has 11 nitrogen and oxygen atoms in total. The zero-order chi connectivity index (χ0) is 18.4. The number of hydrogen-bond donors (Lipinski definition) is 3. The minimum atomic E-state index is -3.58. The van der Waals surface area contributed by atoms with E-state index in [0.717, 1.165) is 6.26 Å². The number of piperidine rings is 1. The van der Waals surface area contributed by atoms with Gasteiger partial charge in [-0.1, -0.05) is 0 Å². The highest BCUT2D eigenvalue weighted by molar-refractivity contribution is 7.90. The first-order valence-corrected chi connectivity index (χ1v) is 10.0. The van der Waals surface area contributed by atoms with E-state index in [1.807, 2.05) is 4.90 Å². The lowest BCUT2D eigenvalue weighted by molar-refractivity contribution is -0.124. The molecule has 1 amide bonds. The molecule has 4 rings (SSSR count). The predicted molar refractivity (Wildman–Crippen MR) is 90.8 cm³/mol. The van der Waals surface area contributed by atoms with Gasteiger partial charge in [-0.2, -0.15) is 0 Å². The van der Waals surface area contributed by atoms with Crippen molar-refractivity contribution < 1.29 is 13.2 Å². The van der Waals surface area contributed by atoms with Crippen LogP contribution in [0.5, 0.6) is 0 Å². The number of anilines is 1. The minimum Gasteiger partial charge on any atom is -0.371 e. The smallest absolute Gasteiger partial charge is 0.241 e. The SMILES string of the molecule is CS(=O)(=O)c1nccc(N2CCC3(CC2)NCNC3=O)c1-c1nnn[nH]1. The van der Waals surface area contributed by atoms with Crippen LogP contribution in [0, 0.1) is 0 Å². The summed E-state index contributed by atoms with van der Waals surface area (Å²) in [6.45, 7) is 1.64. The Morgan fingerprint density at radius 3 is 2.62 bits per heavy atom. The standard InChI is InChI=1S/C14H18N8O3S/c1-26(24,25)12-10(11-18-20-21-19-11)9(2-5-15-12)22-6-3-14(4-7-22)13(23)16-8-17-14/h2,5,17H,3-4,6-8H2,1H3,(H,16,23)(H,18,19,20,21). The summed E-state index contributed by atoms with van der Waals surface area (Å²) >= 11 is 0. The van der Waals surface area contributed by atoms with Gasteiger partial charge in [0.05, 0.1) is 17.9 Å². The van der Waals surface area contributed by atoms with Crippen molar-refractivity contribution in [2.24, 2.45) is 0 Å². The maximum absolute atomic E-state index is 12.2. The number of H-pyrrole nitrogens is 1. The molecule has 0 aromatic carbocycles. The van der Waals surface area contributed by atoms with Crippen LogP contribution in [0.3, 0.4) is 0 Å². The van der Waals surface area contributed by atoms with E-state index < -0.39 is 15.4 Å². The molecule has 12 heteroatoms. The number of carbonyl (C=O) groups excluding carboxylic acids is 1. The summed E-state index contributed by atoms with van der Waals surface area (Å²) < 4.78 is 24.4. The second-order valence-corrected chi connectivity index (χ2v) is 8.39. The average molecular weight is 378 g/mol. The summed E-state index contributed by atoms with van der Waals surface area (Å²) in [4.78, 5) is 18.2. The molecule has 0 aliphatic carbocycles. The quantitative estimate of drug-likeness (QED) is 0.592. The molecule has 0 radical (unpaired) electrons. The molecule has 138 valence electrons. The van der Waals surface area contributed by atoms with Crippen molar-refractivity contribution in [3.8, 4) is 11.4 Å². The van der Waals surface area contributed by atoms with Gasteiger partial charge in [0.1, 0.15) is 5.54 Å². The fourth-order valence-electron chi connectivity index (χ4n) is 3.54. The number of hydrogen-bond acceptors (Lipinski definition) is 9. The largest absolute Gasteiger partial charge is 0.371 e. The van der Waals surface area contributed by atoms with Crippen LogP contribution in [-0.4, -0.2) is 71.5 Å². The van der Waals surface area contributed by atoms with Gasteiger partial charge in [-0.3, -0.25) is 10.1 Å². The lowest BCUT2D eigenvalue weighted by Gasteiger charge is -2.39. The molecule has 0 bridgehead atoms. The van der Waals surface area contributed by atoms with E-state index in [4.69, 9.17) is 0 Å². The number of carbonyl (C=O) groups is 1. The molecule has 2 fully saturated rings. The number of rotatable bonds is 3. The van der Waals surface area contributed by atoms with Crippen LogP contribution in [0.4, 0.5) is 5.69 Å². The molecule has 2 aliphatic rings. The Morgan fingerprint density at radius 2 is 2.04 bits per heavy atom. The Bertz CT molecular complexity index is 935. The maximum atomic E-state index is 12.2. The Morgan fingerprint density at radius 1 is 1.27 bits per heavy atom. The number of sulfone groups is 1. The molecule has 0 atom stereocenters. The maximum Gasteiger partial charge on any atom is 0.241 e. The molecular weight excluding hydrogens is 360 g/mol. The van der Waals surface area contributed by atoms with Gasteiger partial charge in [0.2, 0.25) is 5.91 Å². The zero-order valence-electron chi connectivity index (χ0n) is 14.1. The normalized spacial score (nSPS) is 19.7. The van der Waals surface area contributed by atoms with Gasteiger partial charge in [0, 0.05) is 25.5 Å². The number of aromatic amines is 1. The monoisotopic (exact) mass is 378 g/mol. The van der Waals surface area contributed by atoms with E-state index in [2.05, 4.69) is 36.2 Å². The number of nitrogens with zero attached hydrogens (tertiary/aromatic N) is 5. The number of tetrazole rings is 1. The summed E-state index contributed by atoms with van der Waals surface area (Å²) in [5.74, 6) is 0.258. The van der Waals surface area contributed by atoms with Crippen LogP contribution in [0.1, 0.15) is 12.8 Å². The Balaban J connectivity index is 1.73. The van der Waals surface area contributed by atoms with E-state index >= 15 is 0 Å². The third-order valence-corrected chi connectivity index (χ3v) is 5.91. The molecule has 0 saturated carbocycles. The second kappa shape index (κ2) is 5.99. The molecule has 2 aliphatic heterocycles. The molecule has 2 aromatic rings. The summed E-state index contributed by atoms with van der Waals surface area (Å²) in [6.07, 6.45) is 3.79. The first-order chi connectivity index (χ1) is 12.4. The summed E-state index contributed by atoms with van der Waals surface area (Å²) in [7, 11) is -3.58. The van der Waals surface area contributed by atoms with Crippen molar-refractivity contribution in [2.75, 3.05) is 30.9 Å². The van der Waals surface area contributed by atoms with Crippen LogP contribution in [-0.2, 0) is 14.6 Å². The highest BCUT2D eigenvalue weighted by Crippen LogP contribution is 2.36. The molecule has 2 aromatic heterocycles. The third-order valence-electron chi connectivity index (χ3n) is 4.90. The molecule has 1 spiro atoms. The molecule has 4 heterocycles. The average Bonchev–Trinajstić information content (AvgIpc) is 3.26. The van der Waals surface area contributed by atoms with Crippen molar-refractivity contribution in [3.63, 3.8) is 0 Å². The van der Waals surface area contributed by atoms with Gasteiger partial charge in [-0.25, -0.2) is 18.5 Å². The van der Waals surface area contributed by atoms with E-state index in [9.17, 15) is 13.2 Å². The Kier molecular flexibility index (Phi) is 3.88. The van der Waals surface area contributed by atoms with Crippen molar-refractivity contribution in [1.29, 1.82) is 0 Å². The molecule has 0 unspecified atom stereocenters. The topological polar surface area (TPSA) is 146 Å². The second-order valence-electron chi connectivity index (χ2n) is 6.46. The van der Waals surface area contributed by atoms with Crippen LogP contribution < -0.4 is 15.5 Å². The third kappa shape index (κ3) is 2.70. The molecule has 2 saturated heterocycles. The van der Waals surface area contributed by atoms with Crippen LogP contribution >= 0.6 is 0 Å². The fourth-order valence-corrected chi connectivity index (χ4v) is 4.37. The van der Waals surface area contributed by atoms with Gasteiger partial charge in [-0.15, -0.1) is 5.10 Å². The Labute approximate surface area is 149 Å². The highest BCUT2D eigenvalue weighted by atomic mass is 32.2. The van der Waals surface area contributed by atoms with Crippen LogP contribution in [0.15, 0.2) is 17.3 Å². The van der Waals surface area contributed by atoms with Gasteiger partial charge in [0.15, 0.2) is 20.7 Å². The summed E-state index contributed by atoms with van der Waals surface area (Å²) in [6, 6.07) is 1.74. The molecular formula is C14H18N8O3S. The lowest BCUT2D eigenvalue weighted by Crippen LogP contribution is -2.54. The number of aromatic nitrogens is 5. The summed E-state index contributed by atoms with van der Waals surface area (Å²) in [5.41, 5.74) is 0.476. The fraction of sp³-hybridized carbons (Fsp3) is 0.500. The van der Waals surface area contributed by atoms with Crippen molar-refractivity contribution >= 4 is 21.4 Å². The van der Waals surface area contributed by atoms with Crippen molar-refractivity contribution in [2.45, 2.75) is 23.4 Å². The number of pyridine rings is 1.